The fourth-order valence-electron chi connectivity index (χ4n) is 3.68. The fourth-order valence-corrected chi connectivity index (χ4v) is 6.74. The topological polar surface area (TPSA) is 137 Å². The second-order valence-corrected chi connectivity index (χ2v) is 10.9. The highest BCUT2D eigenvalue weighted by atomic mass is 32.2. The minimum Gasteiger partial charge on any atom is -0.477 e. The van der Waals surface area contributed by atoms with E-state index < -0.39 is 23.3 Å². The van der Waals surface area contributed by atoms with Crippen molar-refractivity contribution in [2.75, 3.05) is 5.75 Å². The molecule has 11 heteroatoms. The molecule has 34 heavy (non-hydrogen) atoms. The number of amidine groups is 1. The molecular weight excluding hydrogens is 492 g/mol. The second kappa shape index (κ2) is 10.6. The first kappa shape index (κ1) is 24.2. The average molecular weight is 515 g/mol. The van der Waals surface area contributed by atoms with Gasteiger partial charge in [0.2, 0.25) is 5.91 Å². The maximum atomic E-state index is 12.9. The molecule has 0 unspecified atom stereocenters. The second-order valence-electron chi connectivity index (χ2n) is 7.60. The van der Waals surface area contributed by atoms with E-state index in [0.717, 1.165) is 16.0 Å². The fraction of sp³-hybridized carbons (Fsp3) is 0.217. The zero-order valence-electron chi connectivity index (χ0n) is 17.9. The summed E-state index contributed by atoms with van der Waals surface area (Å²) >= 11 is 3.96. The lowest BCUT2D eigenvalue weighted by Gasteiger charge is -2.49. The molecule has 0 aliphatic carbocycles. The van der Waals surface area contributed by atoms with E-state index in [1.54, 1.807) is 0 Å². The molecule has 2 atom stereocenters. The molecule has 1 saturated heterocycles. The summed E-state index contributed by atoms with van der Waals surface area (Å²) < 4.78 is 0. The minimum atomic E-state index is -1.17. The number of nitrogens with zero attached hydrogens (tertiary/aromatic N) is 1. The maximum Gasteiger partial charge on any atom is 0.353 e. The largest absolute Gasteiger partial charge is 0.477 e. The van der Waals surface area contributed by atoms with Crippen LogP contribution in [0.4, 0.5) is 0 Å². The van der Waals surface area contributed by atoms with E-state index in [1.807, 2.05) is 54.6 Å². The number of nitrogens with two attached hydrogens (primary N) is 1. The van der Waals surface area contributed by atoms with Crippen LogP contribution in [0.3, 0.4) is 0 Å². The number of rotatable bonds is 8. The quantitative estimate of drug-likeness (QED) is 0.240. The highest BCUT2D eigenvalue weighted by Crippen LogP contribution is 2.45. The first-order valence-corrected chi connectivity index (χ1v) is 13.2. The van der Waals surface area contributed by atoms with Crippen molar-refractivity contribution >= 4 is 58.2 Å². The van der Waals surface area contributed by atoms with Crippen LogP contribution in [-0.4, -0.2) is 50.1 Å². The van der Waals surface area contributed by atoms with Crippen LogP contribution in [0.5, 0.6) is 0 Å². The maximum absolute atomic E-state index is 12.9. The highest BCUT2D eigenvalue weighted by molar-refractivity contribution is 8.13. The third-order valence-electron chi connectivity index (χ3n) is 5.19. The lowest BCUT2D eigenvalue weighted by molar-refractivity contribution is -0.150. The van der Waals surface area contributed by atoms with Gasteiger partial charge in [-0.3, -0.25) is 19.9 Å². The van der Waals surface area contributed by atoms with Gasteiger partial charge in [-0.1, -0.05) is 66.0 Å². The molecular formula is C23H22N4O4S3. The Morgan fingerprint density at radius 1 is 1.18 bits per heavy atom. The number of carbonyl (C=O) groups is 3. The van der Waals surface area contributed by atoms with Gasteiger partial charge in [0.25, 0.3) is 5.91 Å². The van der Waals surface area contributed by atoms with E-state index in [2.05, 4.69) is 5.32 Å². The zero-order chi connectivity index (χ0) is 24.2. The van der Waals surface area contributed by atoms with Gasteiger partial charge in [-0.25, -0.2) is 4.79 Å². The Morgan fingerprint density at radius 3 is 2.62 bits per heavy atom. The molecule has 2 amide bonds. The Hall–Kier alpha value is -2.89. The van der Waals surface area contributed by atoms with Gasteiger partial charge < -0.3 is 16.2 Å². The Kier molecular flexibility index (Phi) is 7.54. The van der Waals surface area contributed by atoms with E-state index in [0.29, 0.717) is 16.4 Å². The SMILES string of the molecule is N=C(N)SCc1cccc(SC2=C(C(=O)O)N3C(=O)[C@@H](NC(=O)Cc4ccccc4)[C@H]3SC2)c1. The summed E-state index contributed by atoms with van der Waals surface area (Å²) in [6.07, 6.45) is 0.156. The van der Waals surface area contributed by atoms with E-state index in [9.17, 15) is 19.5 Å². The molecule has 0 spiro atoms. The molecule has 2 aliphatic heterocycles. The molecule has 0 radical (unpaired) electrons. The van der Waals surface area contributed by atoms with Crippen LogP contribution in [0.2, 0.25) is 0 Å². The van der Waals surface area contributed by atoms with Crippen molar-refractivity contribution in [3.05, 3.63) is 76.3 Å². The number of carboxylic acids is 1. The summed E-state index contributed by atoms with van der Waals surface area (Å²) in [4.78, 5) is 40.1. The summed E-state index contributed by atoms with van der Waals surface area (Å²) in [5.41, 5.74) is 7.18. The summed E-state index contributed by atoms with van der Waals surface area (Å²) in [5, 5.41) is 19.6. The Balaban J connectivity index is 1.46. The molecule has 176 valence electrons. The van der Waals surface area contributed by atoms with Crippen LogP contribution in [0.1, 0.15) is 11.1 Å². The number of aliphatic carboxylic acids is 1. The first-order chi connectivity index (χ1) is 16.3. The Bertz CT molecular complexity index is 1170. The number of hydrogen-bond acceptors (Lipinski definition) is 7. The van der Waals surface area contributed by atoms with Gasteiger partial charge in [0.1, 0.15) is 17.1 Å². The Labute approximate surface area is 209 Å². The minimum absolute atomic E-state index is 0.0316. The van der Waals surface area contributed by atoms with Gasteiger partial charge >= 0.3 is 5.97 Å². The summed E-state index contributed by atoms with van der Waals surface area (Å²) in [5.74, 6) is -0.899. The van der Waals surface area contributed by atoms with Crippen molar-refractivity contribution in [2.24, 2.45) is 5.73 Å². The highest BCUT2D eigenvalue weighted by Gasteiger charge is 2.54. The van der Waals surface area contributed by atoms with Gasteiger partial charge in [-0.2, -0.15) is 0 Å². The number of amides is 2. The van der Waals surface area contributed by atoms with Crippen LogP contribution in [0, 0.1) is 5.41 Å². The number of carboxylic acid groups (broad SMARTS) is 1. The van der Waals surface area contributed by atoms with Crippen molar-refractivity contribution in [1.82, 2.24) is 10.2 Å². The number of carbonyl (C=O) groups excluding carboxylic acids is 2. The standard InChI is InChI=1S/C23H22N4O4S3/c24-23(25)33-11-14-7-4-8-15(9-14)34-16-12-32-21-18(20(29)27(21)19(16)22(30)31)26-17(28)10-13-5-2-1-3-6-13/h1-9,18,21H,10-12H2,(H3,24,25)(H,26,28)(H,30,31)/t18-,21-/m1/s1. The molecule has 1 fully saturated rings. The predicted octanol–water partition coefficient (Wildman–Crippen LogP) is 2.84. The van der Waals surface area contributed by atoms with Crippen molar-refractivity contribution in [1.29, 1.82) is 5.41 Å². The normalized spacial score (nSPS) is 19.3. The van der Waals surface area contributed by atoms with Crippen LogP contribution < -0.4 is 11.1 Å². The van der Waals surface area contributed by atoms with Crippen molar-refractivity contribution in [3.8, 4) is 0 Å². The van der Waals surface area contributed by atoms with Crippen molar-refractivity contribution < 1.29 is 19.5 Å². The van der Waals surface area contributed by atoms with E-state index in [-0.39, 0.29) is 23.2 Å². The number of β-lactam (4-membered cyclic amide) rings is 1. The summed E-state index contributed by atoms with van der Waals surface area (Å²) in [7, 11) is 0. The van der Waals surface area contributed by atoms with Gasteiger partial charge in [-0.05, 0) is 23.3 Å². The number of thioether (sulfide) groups is 3. The van der Waals surface area contributed by atoms with E-state index in [4.69, 9.17) is 11.1 Å². The molecule has 4 rings (SSSR count). The molecule has 0 bridgehead atoms. The average Bonchev–Trinajstić information content (AvgIpc) is 2.81. The van der Waals surface area contributed by atoms with Crippen LogP contribution >= 0.6 is 35.3 Å². The summed E-state index contributed by atoms with van der Waals surface area (Å²) in [6, 6.07) is 16.1. The lowest BCUT2D eigenvalue weighted by atomic mass is 10.0. The number of hydrogen-bond donors (Lipinski definition) is 4. The smallest absolute Gasteiger partial charge is 0.353 e. The van der Waals surface area contributed by atoms with Gasteiger partial charge in [-0.15, -0.1) is 11.8 Å². The molecule has 2 aromatic carbocycles. The molecule has 0 saturated carbocycles. The monoisotopic (exact) mass is 514 g/mol. The third-order valence-corrected chi connectivity index (χ3v) is 8.52. The number of nitrogens with one attached hydrogen (secondary N) is 2. The van der Waals surface area contributed by atoms with Gasteiger partial charge in [0.05, 0.1) is 6.42 Å². The molecule has 0 aromatic heterocycles. The van der Waals surface area contributed by atoms with Crippen LogP contribution in [0.15, 0.2) is 70.1 Å². The number of benzene rings is 2. The molecule has 5 N–H and O–H groups in total. The predicted molar refractivity (Wildman–Crippen MR) is 135 cm³/mol. The molecule has 8 nitrogen and oxygen atoms in total. The first-order valence-electron chi connectivity index (χ1n) is 10.3. The van der Waals surface area contributed by atoms with Crippen molar-refractivity contribution in [2.45, 2.75) is 28.5 Å². The third kappa shape index (κ3) is 5.43. The molecule has 2 aromatic rings. The number of fused-ring (bicyclic) bond motifs is 1. The van der Waals surface area contributed by atoms with Crippen LogP contribution in [0.25, 0.3) is 0 Å². The molecule has 2 heterocycles. The Morgan fingerprint density at radius 2 is 1.91 bits per heavy atom. The van der Waals surface area contributed by atoms with E-state index >= 15 is 0 Å². The van der Waals surface area contributed by atoms with E-state index in [1.165, 1.54) is 40.2 Å². The van der Waals surface area contributed by atoms with Crippen molar-refractivity contribution in [3.63, 3.8) is 0 Å². The molecule has 2 aliphatic rings. The zero-order valence-corrected chi connectivity index (χ0v) is 20.3. The lowest BCUT2D eigenvalue weighted by Crippen LogP contribution is -2.70. The van der Waals surface area contributed by atoms with Gasteiger partial charge in [0.15, 0.2) is 5.17 Å². The summed E-state index contributed by atoms with van der Waals surface area (Å²) in [6.45, 7) is 0. The van der Waals surface area contributed by atoms with Crippen LogP contribution in [-0.2, 0) is 26.6 Å². The van der Waals surface area contributed by atoms with Gasteiger partial charge in [0, 0.05) is 21.3 Å².